The summed E-state index contributed by atoms with van der Waals surface area (Å²) in [5.74, 6) is 5.35. The highest BCUT2D eigenvalue weighted by Gasteiger charge is 2.41. The van der Waals surface area contributed by atoms with Gasteiger partial charge in [-0.05, 0) is 171 Å². The van der Waals surface area contributed by atoms with Crippen LogP contribution in [0.3, 0.4) is 0 Å². The van der Waals surface area contributed by atoms with Crippen molar-refractivity contribution in [3.05, 3.63) is 256 Å². The van der Waals surface area contributed by atoms with E-state index < -0.39 is 5.41 Å². The van der Waals surface area contributed by atoms with E-state index in [4.69, 9.17) is 12.8 Å². The predicted octanol–water partition coefficient (Wildman–Crippen LogP) is 13.5. The normalized spacial score (nSPS) is 15.9. The maximum absolute atomic E-state index is 5.77. The minimum absolute atomic E-state index is 0.441. The van der Waals surface area contributed by atoms with Gasteiger partial charge in [0.15, 0.2) is 0 Å². The summed E-state index contributed by atoms with van der Waals surface area (Å²) in [5.41, 5.74) is 14.5. The van der Waals surface area contributed by atoms with Gasteiger partial charge in [0.1, 0.15) is 0 Å². The van der Waals surface area contributed by atoms with E-state index in [2.05, 4.69) is 230 Å². The van der Waals surface area contributed by atoms with E-state index >= 15 is 0 Å². The molecular formula is C61H48N2. The molecule has 1 atom stereocenters. The third-order valence-corrected chi connectivity index (χ3v) is 12.4. The van der Waals surface area contributed by atoms with Gasteiger partial charge in [0.25, 0.3) is 0 Å². The van der Waals surface area contributed by atoms with E-state index in [-0.39, 0.29) is 0 Å². The molecule has 0 saturated heterocycles. The van der Waals surface area contributed by atoms with E-state index in [9.17, 15) is 0 Å². The standard InChI is InChI=1S/C61H48N2/c1-6-8-13-22-45(4)62(51-26-14-10-15-27-51)54-36-37-56-57(42-54)60(50-35-34-46-24-20-21-25-48(46)41-50)61(5)39-38-55(63(52-28-16-11-17-29-52)53-30-18-12-19-31-53)43-58(61)59(56)49-33-32-44(3)47(40-49)23-9-7-2/h1-2,8-38,40-43H,39H2,3-5H3/b13-8-,23-9-,45-22+. The van der Waals surface area contributed by atoms with Crippen LogP contribution in [0.25, 0.3) is 28.0 Å². The number of hydrogen-bond donors (Lipinski definition) is 0. The first-order valence-electron chi connectivity index (χ1n) is 21.5. The van der Waals surface area contributed by atoms with Gasteiger partial charge in [0, 0.05) is 39.6 Å². The zero-order valence-corrected chi connectivity index (χ0v) is 36.0. The van der Waals surface area contributed by atoms with Crippen LogP contribution in [-0.4, -0.2) is 0 Å². The molecule has 2 heteroatoms. The monoisotopic (exact) mass is 808 g/mol. The molecular weight excluding hydrogens is 761 g/mol. The summed E-state index contributed by atoms with van der Waals surface area (Å²) in [6.07, 6.45) is 26.7. The molecule has 2 aliphatic carbocycles. The van der Waals surface area contributed by atoms with Crippen molar-refractivity contribution in [3.63, 3.8) is 0 Å². The molecule has 9 rings (SSSR count). The molecule has 1 unspecified atom stereocenters. The molecule has 63 heavy (non-hydrogen) atoms. The molecule has 302 valence electrons. The number of terminal acetylenes is 2. The molecule has 0 spiro atoms. The first kappa shape index (κ1) is 40.4. The van der Waals surface area contributed by atoms with Crippen LogP contribution in [0, 0.1) is 37.0 Å². The molecule has 0 radical (unpaired) electrons. The van der Waals surface area contributed by atoms with Crippen LogP contribution in [0.1, 0.15) is 42.5 Å². The molecule has 0 bridgehead atoms. The van der Waals surface area contributed by atoms with E-state index in [1.54, 1.807) is 12.2 Å². The minimum atomic E-state index is -0.441. The summed E-state index contributed by atoms with van der Waals surface area (Å²) < 4.78 is 0. The third-order valence-electron chi connectivity index (χ3n) is 12.4. The summed E-state index contributed by atoms with van der Waals surface area (Å²) in [5, 5.41) is 4.81. The topological polar surface area (TPSA) is 6.48 Å². The molecule has 7 aromatic carbocycles. The van der Waals surface area contributed by atoms with Crippen molar-refractivity contribution in [2.75, 3.05) is 9.80 Å². The van der Waals surface area contributed by atoms with Crippen molar-refractivity contribution >= 4 is 50.7 Å². The molecule has 0 amide bonds. The van der Waals surface area contributed by atoms with Crippen LogP contribution >= 0.6 is 0 Å². The lowest BCUT2D eigenvalue weighted by Crippen LogP contribution is -2.43. The molecule has 7 aromatic rings. The Balaban J connectivity index is 1.40. The Kier molecular flexibility index (Phi) is 11.2. The molecule has 0 saturated carbocycles. The number of nitrogens with zero attached hydrogens (tertiary/aromatic N) is 2. The third kappa shape index (κ3) is 7.77. The predicted molar refractivity (Wildman–Crippen MR) is 268 cm³/mol. The Labute approximate surface area is 372 Å². The molecule has 0 fully saturated rings. The summed E-state index contributed by atoms with van der Waals surface area (Å²) in [7, 11) is 0. The van der Waals surface area contributed by atoms with Gasteiger partial charge in [-0.2, -0.15) is 0 Å². The number of allylic oxidation sites excluding steroid dienone is 8. The summed E-state index contributed by atoms with van der Waals surface area (Å²) >= 11 is 0. The van der Waals surface area contributed by atoms with Gasteiger partial charge in [-0.25, -0.2) is 0 Å². The summed E-state index contributed by atoms with van der Waals surface area (Å²) in [4.78, 5) is 4.70. The Morgan fingerprint density at radius 1 is 0.619 bits per heavy atom. The Hall–Kier alpha value is -8.04. The first-order chi connectivity index (χ1) is 30.9. The van der Waals surface area contributed by atoms with E-state index in [0.29, 0.717) is 0 Å². The molecule has 0 aliphatic heterocycles. The Morgan fingerprint density at radius 2 is 1.25 bits per heavy atom. The van der Waals surface area contributed by atoms with Crippen LogP contribution in [-0.2, 0) is 0 Å². The van der Waals surface area contributed by atoms with Gasteiger partial charge in [-0.15, -0.1) is 12.8 Å². The van der Waals surface area contributed by atoms with Gasteiger partial charge in [0.05, 0.1) is 0 Å². The maximum atomic E-state index is 5.77. The number of rotatable bonds is 10. The Morgan fingerprint density at radius 3 is 1.94 bits per heavy atom. The molecule has 0 heterocycles. The zero-order chi connectivity index (χ0) is 43.3. The highest BCUT2D eigenvalue weighted by atomic mass is 15.2. The van der Waals surface area contributed by atoms with Crippen molar-refractivity contribution in [2.24, 2.45) is 5.41 Å². The first-order valence-corrected chi connectivity index (χ1v) is 21.5. The van der Waals surface area contributed by atoms with Crippen molar-refractivity contribution in [1.29, 1.82) is 0 Å². The number of hydrogen-bond acceptors (Lipinski definition) is 2. The van der Waals surface area contributed by atoms with Crippen molar-refractivity contribution in [2.45, 2.75) is 27.2 Å². The number of fused-ring (bicyclic) bond motifs is 3. The second-order valence-corrected chi connectivity index (χ2v) is 16.3. The average molecular weight is 809 g/mol. The quantitative estimate of drug-likeness (QED) is 0.100. The van der Waals surface area contributed by atoms with Gasteiger partial charge < -0.3 is 9.80 Å². The number of anilines is 4. The molecule has 0 aromatic heterocycles. The lowest BCUT2D eigenvalue weighted by atomic mass is 9.62. The fourth-order valence-corrected chi connectivity index (χ4v) is 9.36. The van der Waals surface area contributed by atoms with Gasteiger partial charge in [-0.3, -0.25) is 0 Å². The van der Waals surface area contributed by atoms with Gasteiger partial charge >= 0.3 is 0 Å². The van der Waals surface area contributed by atoms with Gasteiger partial charge in [0.2, 0.25) is 0 Å². The molecule has 2 nitrogen and oxygen atoms in total. The molecule has 2 aliphatic rings. The van der Waals surface area contributed by atoms with Crippen molar-refractivity contribution in [1.82, 2.24) is 0 Å². The SMILES string of the molecule is C#C/C=C\C=C(/C)N(c1ccccc1)c1ccc2c(c1)=C(c1ccc3ccccc3c1)C1(C)CC=C(N(c3ccccc3)c3ccccc3)C=C1C=2c1ccc(C)c(/C=C\C#C)c1. The number of benzene rings is 7. The van der Waals surface area contributed by atoms with Crippen LogP contribution in [0.2, 0.25) is 0 Å². The number of para-hydroxylation sites is 3. The van der Waals surface area contributed by atoms with Crippen molar-refractivity contribution in [3.8, 4) is 24.7 Å². The van der Waals surface area contributed by atoms with Gasteiger partial charge in [-0.1, -0.05) is 140 Å². The molecule has 0 N–H and O–H groups in total. The highest BCUT2D eigenvalue weighted by Crippen LogP contribution is 2.53. The van der Waals surface area contributed by atoms with Crippen LogP contribution in [0.15, 0.2) is 223 Å². The van der Waals surface area contributed by atoms with Crippen LogP contribution < -0.4 is 20.2 Å². The fraction of sp³-hybridized carbons (Fsp3) is 0.0820. The average Bonchev–Trinajstić information content (AvgIpc) is 3.32. The van der Waals surface area contributed by atoms with E-state index in [1.165, 1.54) is 49.1 Å². The van der Waals surface area contributed by atoms with E-state index in [1.807, 2.05) is 12.2 Å². The maximum Gasteiger partial charge on any atom is 0.0464 e. The fourth-order valence-electron chi connectivity index (χ4n) is 9.36. The number of aryl methyl sites for hydroxylation is 1. The minimum Gasteiger partial charge on any atom is -0.314 e. The van der Waals surface area contributed by atoms with Crippen LogP contribution in [0.4, 0.5) is 22.7 Å². The lowest BCUT2D eigenvalue weighted by Gasteiger charge is -2.43. The zero-order valence-electron chi connectivity index (χ0n) is 36.0. The largest absolute Gasteiger partial charge is 0.314 e. The second kappa shape index (κ2) is 17.5. The summed E-state index contributed by atoms with van der Waals surface area (Å²) in [6.45, 7) is 6.73. The van der Waals surface area contributed by atoms with Crippen molar-refractivity contribution < 1.29 is 0 Å². The Bertz CT molecular complexity index is 3200. The van der Waals surface area contributed by atoms with E-state index in [0.717, 1.165) is 51.7 Å². The second-order valence-electron chi connectivity index (χ2n) is 16.3. The lowest BCUT2D eigenvalue weighted by molar-refractivity contribution is 0.543. The smallest absolute Gasteiger partial charge is 0.0464 e. The van der Waals surface area contributed by atoms with Crippen LogP contribution in [0.5, 0.6) is 0 Å². The highest BCUT2D eigenvalue weighted by molar-refractivity contribution is 5.95. The summed E-state index contributed by atoms with van der Waals surface area (Å²) in [6, 6.07) is 61.4.